The van der Waals surface area contributed by atoms with Crippen molar-refractivity contribution in [3.63, 3.8) is 0 Å². The van der Waals surface area contributed by atoms with Gasteiger partial charge in [0.1, 0.15) is 22.4 Å². The lowest BCUT2D eigenvalue weighted by Gasteiger charge is -2.14. The number of anilines is 1. The number of hydrogen-bond acceptors (Lipinski definition) is 6. The van der Waals surface area contributed by atoms with E-state index >= 15 is 0 Å². The van der Waals surface area contributed by atoms with Gasteiger partial charge in [0, 0.05) is 5.69 Å². The quantitative estimate of drug-likeness (QED) is 0.576. The summed E-state index contributed by atoms with van der Waals surface area (Å²) in [5, 5.41) is 2.75. The fraction of sp³-hybridized carbons (Fsp3) is 0.150. The minimum atomic E-state index is -0.327. The Balaban J connectivity index is 1.65. The van der Waals surface area contributed by atoms with Crippen LogP contribution in [0, 0.1) is 0 Å². The molecule has 28 heavy (non-hydrogen) atoms. The number of carbonyl (C=O) groups is 2. The summed E-state index contributed by atoms with van der Waals surface area (Å²) in [7, 11) is 3.17. The third kappa shape index (κ3) is 4.71. The summed E-state index contributed by atoms with van der Waals surface area (Å²) in [5.41, 5.74) is 1.47. The number of nitrogens with zero attached hydrogens (tertiary/aromatic N) is 1. The molecule has 0 spiro atoms. The molecular formula is C20H18N2O4S2. The molecule has 0 bridgehead atoms. The number of rotatable bonds is 6. The van der Waals surface area contributed by atoms with Crippen molar-refractivity contribution in [3.8, 4) is 11.5 Å². The third-order valence-corrected chi connectivity index (χ3v) is 5.34. The SMILES string of the molecule is COc1ccc(/C=C2/SC(=S)N(CC(=O)Nc3ccc(OC)cc3)C2=O)cc1. The fourth-order valence-corrected chi connectivity index (χ4v) is 3.76. The van der Waals surface area contributed by atoms with Crippen LogP contribution in [-0.2, 0) is 9.59 Å². The predicted molar refractivity (Wildman–Crippen MR) is 114 cm³/mol. The Labute approximate surface area is 172 Å². The van der Waals surface area contributed by atoms with E-state index < -0.39 is 0 Å². The molecule has 1 aliphatic rings. The summed E-state index contributed by atoms with van der Waals surface area (Å²) in [6, 6.07) is 14.3. The number of amides is 2. The number of methoxy groups -OCH3 is 2. The molecule has 6 nitrogen and oxygen atoms in total. The lowest BCUT2D eigenvalue weighted by atomic mass is 10.2. The first kappa shape index (κ1) is 19.9. The van der Waals surface area contributed by atoms with Crippen molar-refractivity contribution in [2.75, 3.05) is 26.1 Å². The van der Waals surface area contributed by atoms with E-state index in [1.807, 2.05) is 24.3 Å². The summed E-state index contributed by atoms with van der Waals surface area (Å²) in [6.45, 7) is -0.142. The Morgan fingerprint density at radius 1 is 1.07 bits per heavy atom. The maximum Gasteiger partial charge on any atom is 0.266 e. The summed E-state index contributed by atoms with van der Waals surface area (Å²) in [5.74, 6) is 0.821. The fourth-order valence-electron chi connectivity index (χ4n) is 2.51. The lowest BCUT2D eigenvalue weighted by Crippen LogP contribution is -2.36. The highest BCUT2D eigenvalue weighted by atomic mass is 32.2. The summed E-state index contributed by atoms with van der Waals surface area (Å²) >= 11 is 6.46. The van der Waals surface area contributed by atoms with Crippen molar-refractivity contribution in [1.29, 1.82) is 0 Å². The highest BCUT2D eigenvalue weighted by molar-refractivity contribution is 8.26. The zero-order chi connectivity index (χ0) is 20.1. The smallest absolute Gasteiger partial charge is 0.266 e. The van der Waals surface area contributed by atoms with Gasteiger partial charge in [-0.25, -0.2) is 0 Å². The average Bonchev–Trinajstić information content (AvgIpc) is 2.96. The van der Waals surface area contributed by atoms with E-state index in [1.165, 1.54) is 16.7 Å². The van der Waals surface area contributed by atoms with E-state index in [9.17, 15) is 9.59 Å². The largest absolute Gasteiger partial charge is 0.497 e. The van der Waals surface area contributed by atoms with Crippen LogP contribution in [-0.4, -0.2) is 41.8 Å². The van der Waals surface area contributed by atoms with Gasteiger partial charge in [-0.2, -0.15) is 0 Å². The normalized spacial score (nSPS) is 15.1. The molecule has 1 N–H and O–H groups in total. The zero-order valence-corrected chi connectivity index (χ0v) is 16.9. The molecule has 1 heterocycles. The molecule has 1 aliphatic heterocycles. The van der Waals surface area contributed by atoms with Crippen LogP contribution in [0.25, 0.3) is 6.08 Å². The lowest BCUT2D eigenvalue weighted by molar-refractivity contribution is -0.126. The third-order valence-electron chi connectivity index (χ3n) is 3.96. The van der Waals surface area contributed by atoms with Crippen LogP contribution >= 0.6 is 24.0 Å². The number of thioether (sulfide) groups is 1. The molecule has 0 saturated carbocycles. The minimum absolute atomic E-state index is 0.142. The second-order valence-corrected chi connectivity index (χ2v) is 7.49. The number of hydrogen-bond donors (Lipinski definition) is 1. The molecular weight excluding hydrogens is 396 g/mol. The molecule has 0 aromatic heterocycles. The Kier molecular flexibility index (Phi) is 6.33. The first-order chi connectivity index (χ1) is 13.5. The summed E-state index contributed by atoms with van der Waals surface area (Å²) < 4.78 is 10.6. The van der Waals surface area contributed by atoms with E-state index in [0.717, 1.165) is 11.3 Å². The number of thiocarbonyl (C=S) groups is 1. The molecule has 2 aromatic carbocycles. The van der Waals surface area contributed by atoms with E-state index in [4.69, 9.17) is 21.7 Å². The molecule has 1 saturated heterocycles. The highest BCUT2D eigenvalue weighted by Gasteiger charge is 2.33. The zero-order valence-electron chi connectivity index (χ0n) is 15.3. The molecule has 3 rings (SSSR count). The van der Waals surface area contributed by atoms with Crippen molar-refractivity contribution >= 4 is 51.9 Å². The van der Waals surface area contributed by atoms with Gasteiger partial charge >= 0.3 is 0 Å². The molecule has 0 radical (unpaired) electrons. The Hall–Kier alpha value is -2.84. The van der Waals surface area contributed by atoms with Crippen LogP contribution in [0.2, 0.25) is 0 Å². The van der Waals surface area contributed by atoms with Crippen molar-refractivity contribution < 1.29 is 19.1 Å². The number of ether oxygens (including phenoxy) is 2. The number of nitrogens with one attached hydrogen (secondary N) is 1. The van der Waals surface area contributed by atoms with Gasteiger partial charge in [0.25, 0.3) is 5.91 Å². The van der Waals surface area contributed by atoms with Gasteiger partial charge in [0.05, 0.1) is 19.1 Å². The molecule has 144 valence electrons. The van der Waals surface area contributed by atoms with Crippen molar-refractivity contribution in [2.45, 2.75) is 0 Å². The van der Waals surface area contributed by atoms with Crippen molar-refractivity contribution in [1.82, 2.24) is 4.90 Å². The van der Waals surface area contributed by atoms with Crippen LogP contribution in [0.15, 0.2) is 53.4 Å². The highest BCUT2D eigenvalue weighted by Crippen LogP contribution is 2.32. The summed E-state index contributed by atoms with van der Waals surface area (Å²) in [4.78, 5) is 26.7. The van der Waals surface area contributed by atoms with Gasteiger partial charge in [-0.3, -0.25) is 14.5 Å². The molecule has 0 atom stereocenters. The standard InChI is InChI=1S/C20H18N2O4S2/c1-25-15-7-3-13(4-8-15)11-17-19(24)22(20(27)28-17)12-18(23)21-14-5-9-16(26-2)10-6-14/h3-11H,12H2,1-2H3,(H,21,23)/b17-11+. The Bertz CT molecular complexity index is 924. The van der Waals surface area contributed by atoms with Gasteiger partial charge < -0.3 is 14.8 Å². The Morgan fingerprint density at radius 2 is 1.64 bits per heavy atom. The summed E-state index contributed by atoms with van der Waals surface area (Å²) in [6.07, 6.45) is 1.75. The van der Waals surface area contributed by atoms with Crippen LogP contribution in [0.5, 0.6) is 11.5 Å². The molecule has 0 aliphatic carbocycles. The minimum Gasteiger partial charge on any atom is -0.497 e. The first-order valence-corrected chi connectivity index (χ1v) is 9.56. The van der Waals surface area contributed by atoms with E-state index in [2.05, 4.69) is 5.32 Å². The van der Waals surface area contributed by atoms with Gasteiger partial charge in [-0.15, -0.1) is 0 Å². The molecule has 1 fully saturated rings. The first-order valence-electron chi connectivity index (χ1n) is 8.33. The molecule has 2 aromatic rings. The van der Waals surface area contributed by atoms with Crippen LogP contribution in [0.4, 0.5) is 5.69 Å². The molecule has 0 unspecified atom stereocenters. The molecule has 8 heteroatoms. The van der Waals surface area contributed by atoms with Crippen LogP contribution in [0.1, 0.15) is 5.56 Å². The van der Waals surface area contributed by atoms with Gasteiger partial charge in [0.15, 0.2) is 0 Å². The van der Waals surface area contributed by atoms with E-state index in [-0.39, 0.29) is 18.4 Å². The second kappa shape index (κ2) is 8.90. The maximum atomic E-state index is 12.6. The topological polar surface area (TPSA) is 67.9 Å². The van der Waals surface area contributed by atoms with Crippen LogP contribution < -0.4 is 14.8 Å². The Morgan fingerprint density at radius 3 is 2.21 bits per heavy atom. The second-order valence-electron chi connectivity index (χ2n) is 5.82. The number of carbonyl (C=O) groups excluding carboxylic acids is 2. The van der Waals surface area contributed by atoms with Crippen molar-refractivity contribution in [3.05, 3.63) is 59.0 Å². The monoisotopic (exact) mass is 414 g/mol. The van der Waals surface area contributed by atoms with E-state index in [1.54, 1.807) is 44.6 Å². The number of benzene rings is 2. The van der Waals surface area contributed by atoms with Gasteiger partial charge in [-0.1, -0.05) is 36.1 Å². The van der Waals surface area contributed by atoms with Crippen molar-refractivity contribution in [2.24, 2.45) is 0 Å². The predicted octanol–water partition coefficient (Wildman–Crippen LogP) is 3.54. The maximum absolute atomic E-state index is 12.6. The van der Waals surface area contributed by atoms with Gasteiger partial charge in [0.2, 0.25) is 5.91 Å². The van der Waals surface area contributed by atoms with E-state index in [0.29, 0.717) is 20.7 Å². The van der Waals surface area contributed by atoms with Gasteiger partial charge in [-0.05, 0) is 48.0 Å². The molecule has 2 amide bonds. The van der Waals surface area contributed by atoms with Crippen LogP contribution in [0.3, 0.4) is 0 Å². The average molecular weight is 415 g/mol.